The van der Waals surface area contributed by atoms with E-state index in [0.29, 0.717) is 42.2 Å². The Labute approximate surface area is 219 Å². The maximum atomic E-state index is 13.0. The van der Waals surface area contributed by atoms with E-state index < -0.39 is 11.7 Å². The van der Waals surface area contributed by atoms with Crippen LogP contribution in [0, 0.1) is 0 Å². The molecule has 1 aliphatic heterocycles. The fourth-order valence-corrected chi connectivity index (χ4v) is 4.37. The van der Waals surface area contributed by atoms with Gasteiger partial charge in [0.05, 0.1) is 10.6 Å². The minimum atomic E-state index is -4.40. The summed E-state index contributed by atoms with van der Waals surface area (Å²) in [6.45, 7) is 6.94. The third-order valence-electron chi connectivity index (χ3n) is 6.19. The average molecular weight is 535 g/mol. The van der Waals surface area contributed by atoms with Gasteiger partial charge < -0.3 is 20.0 Å². The van der Waals surface area contributed by atoms with Gasteiger partial charge in [0.1, 0.15) is 5.82 Å². The molecule has 0 saturated carbocycles. The Balaban J connectivity index is 1.59. The van der Waals surface area contributed by atoms with Crippen LogP contribution in [-0.2, 0) is 6.18 Å². The molecule has 1 aromatic carbocycles. The summed E-state index contributed by atoms with van der Waals surface area (Å²) >= 11 is 6.36. The highest BCUT2D eigenvalue weighted by Gasteiger charge is 2.30. The molecule has 1 saturated heterocycles. The number of anilines is 5. The molecular formula is C25H30ClF3N8. The molecule has 12 heteroatoms. The van der Waals surface area contributed by atoms with Crippen molar-refractivity contribution in [1.82, 2.24) is 19.9 Å². The third-order valence-corrected chi connectivity index (χ3v) is 6.49. The second-order valence-corrected chi connectivity index (χ2v) is 9.44. The number of benzene rings is 1. The number of alkyl halides is 3. The molecule has 37 heavy (non-hydrogen) atoms. The summed E-state index contributed by atoms with van der Waals surface area (Å²) in [7, 11) is 1.92. The summed E-state index contributed by atoms with van der Waals surface area (Å²) in [5.41, 5.74) is -0.260. The molecule has 2 aromatic heterocycles. The highest BCUT2D eigenvalue weighted by Crippen LogP contribution is 2.31. The van der Waals surface area contributed by atoms with Crippen molar-refractivity contribution in [3.63, 3.8) is 0 Å². The number of nitrogens with zero attached hydrogens (tertiary/aromatic N) is 7. The Morgan fingerprint density at radius 1 is 1.11 bits per heavy atom. The quantitative estimate of drug-likeness (QED) is 0.398. The molecule has 0 bridgehead atoms. The van der Waals surface area contributed by atoms with Gasteiger partial charge in [-0.05, 0) is 49.7 Å². The summed E-state index contributed by atoms with van der Waals surface area (Å²) in [4.78, 5) is 24.6. The summed E-state index contributed by atoms with van der Waals surface area (Å²) in [6, 6.07) is 8.46. The number of pyridine rings is 1. The van der Waals surface area contributed by atoms with E-state index in [4.69, 9.17) is 16.6 Å². The molecule has 8 nitrogen and oxygen atoms in total. The predicted octanol–water partition coefficient (Wildman–Crippen LogP) is 5.63. The van der Waals surface area contributed by atoms with Crippen LogP contribution in [0.25, 0.3) is 0 Å². The van der Waals surface area contributed by atoms with Crippen molar-refractivity contribution in [1.29, 1.82) is 0 Å². The molecule has 3 heterocycles. The highest BCUT2D eigenvalue weighted by atomic mass is 35.5. The summed E-state index contributed by atoms with van der Waals surface area (Å²) in [6.07, 6.45) is -0.680. The van der Waals surface area contributed by atoms with Crippen molar-refractivity contribution in [2.45, 2.75) is 38.9 Å². The minimum absolute atomic E-state index is 0.0435. The normalized spacial score (nSPS) is 16.1. The number of rotatable bonds is 8. The molecule has 3 aromatic rings. The van der Waals surface area contributed by atoms with Gasteiger partial charge in [-0.15, -0.1) is 0 Å². The predicted molar refractivity (Wildman–Crippen MR) is 141 cm³/mol. The second kappa shape index (κ2) is 11.4. The summed E-state index contributed by atoms with van der Waals surface area (Å²) < 4.78 is 38.9. The average Bonchev–Trinajstić information content (AvgIpc) is 2.87. The summed E-state index contributed by atoms with van der Waals surface area (Å²) in [5.74, 6) is 2.01. The standard InChI is InChI=1S/C25H30ClF3N8/c1-4-5-13-35(3)23-32-22(31-19-10-8-18(9-11-19)25(27,28)29)33-24(34-23)37-15-14-36(16-17(37)2)21-20(26)7-6-12-30-21/h6-12,17H,4-5,13-16H2,1-3H3,(H,31,32,33,34). The number of nitrogens with one attached hydrogen (secondary N) is 1. The molecule has 1 aliphatic rings. The van der Waals surface area contributed by atoms with E-state index in [1.165, 1.54) is 12.1 Å². The fraction of sp³-hybridized carbons (Fsp3) is 0.440. The van der Waals surface area contributed by atoms with E-state index in [0.717, 1.165) is 37.3 Å². The van der Waals surface area contributed by atoms with Crippen molar-refractivity contribution < 1.29 is 13.2 Å². The van der Waals surface area contributed by atoms with Crippen LogP contribution in [0.5, 0.6) is 0 Å². The highest BCUT2D eigenvalue weighted by molar-refractivity contribution is 6.32. The van der Waals surface area contributed by atoms with Gasteiger partial charge in [-0.3, -0.25) is 0 Å². The first-order valence-electron chi connectivity index (χ1n) is 12.2. The molecule has 1 fully saturated rings. The lowest BCUT2D eigenvalue weighted by Gasteiger charge is -2.40. The number of unbranched alkanes of at least 4 members (excludes halogenated alkanes) is 1. The lowest BCUT2D eigenvalue weighted by atomic mass is 10.2. The van der Waals surface area contributed by atoms with Crippen molar-refractivity contribution in [2.75, 3.05) is 53.2 Å². The lowest BCUT2D eigenvalue weighted by Crippen LogP contribution is -2.53. The molecule has 1 N–H and O–H groups in total. The van der Waals surface area contributed by atoms with E-state index in [1.54, 1.807) is 12.3 Å². The molecule has 0 spiro atoms. The van der Waals surface area contributed by atoms with E-state index in [1.807, 2.05) is 18.0 Å². The zero-order chi connectivity index (χ0) is 26.6. The number of hydrogen-bond donors (Lipinski definition) is 1. The van der Waals surface area contributed by atoms with Gasteiger partial charge in [-0.2, -0.15) is 28.1 Å². The summed E-state index contributed by atoms with van der Waals surface area (Å²) in [5, 5.41) is 3.65. The van der Waals surface area contributed by atoms with Gasteiger partial charge in [0.15, 0.2) is 0 Å². The van der Waals surface area contributed by atoms with Gasteiger partial charge >= 0.3 is 6.18 Å². The Kier molecular flexibility index (Phi) is 8.21. The molecule has 4 rings (SSSR count). The maximum absolute atomic E-state index is 13.0. The molecular weight excluding hydrogens is 505 g/mol. The van der Waals surface area contributed by atoms with Crippen LogP contribution in [0.15, 0.2) is 42.6 Å². The molecule has 0 radical (unpaired) electrons. The van der Waals surface area contributed by atoms with Crippen molar-refractivity contribution in [2.24, 2.45) is 0 Å². The first kappa shape index (κ1) is 26.7. The van der Waals surface area contributed by atoms with Gasteiger partial charge in [0, 0.05) is 51.2 Å². The van der Waals surface area contributed by atoms with E-state index in [9.17, 15) is 13.2 Å². The second-order valence-electron chi connectivity index (χ2n) is 9.03. The van der Waals surface area contributed by atoms with Gasteiger partial charge in [-0.1, -0.05) is 24.9 Å². The monoisotopic (exact) mass is 534 g/mol. The Morgan fingerprint density at radius 3 is 2.51 bits per heavy atom. The van der Waals surface area contributed by atoms with Crippen molar-refractivity contribution >= 4 is 41.0 Å². The topological polar surface area (TPSA) is 73.3 Å². The van der Waals surface area contributed by atoms with Crippen LogP contribution in [0.3, 0.4) is 0 Å². The van der Waals surface area contributed by atoms with Crippen LogP contribution < -0.4 is 20.0 Å². The molecule has 1 atom stereocenters. The minimum Gasteiger partial charge on any atom is -0.352 e. The largest absolute Gasteiger partial charge is 0.416 e. The smallest absolute Gasteiger partial charge is 0.352 e. The zero-order valence-electron chi connectivity index (χ0n) is 21.0. The lowest BCUT2D eigenvalue weighted by molar-refractivity contribution is -0.137. The molecule has 198 valence electrons. The number of aromatic nitrogens is 4. The van der Waals surface area contributed by atoms with Crippen LogP contribution in [0.2, 0.25) is 5.02 Å². The SMILES string of the molecule is CCCCN(C)c1nc(Nc2ccc(C(F)(F)F)cc2)nc(N2CCN(c3ncccc3Cl)CC2C)n1. The van der Waals surface area contributed by atoms with E-state index >= 15 is 0 Å². The number of piperazine rings is 1. The Morgan fingerprint density at radius 2 is 1.86 bits per heavy atom. The zero-order valence-corrected chi connectivity index (χ0v) is 21.8. The van der Waals surface area contributed by atoms with Crippen molar-refractivity contribution in [3.05, 3.63) is 53.2 Å². The van der Waals surface area contributed by atoms with Crippen LogP contribution >= 0.6 is 11.6 Å². The van der Waals surface area contributed by atoms with Crippen LogP contribution in [-0.4, -0.2) is 59.2 Å². The molecule has 1 unspecified atom stereocenters. The van der Waals surface area contributed by atoms with Gasteiger partial charge in [0.25, 0.3) is 0 Å². The third kappa shape index (κ3) is 6.51. The fourth-order valence-electron chi connectivity index (χ4n) is 4.13. The first-order valence-corrected chi connectivity index (χ1v) is 12.6. The molecule has 0 aliphatic carbocycles. The number of hydrogen-bond acceptors (Lipinski definition) is 8. The van der Waals surface area contributed by atoms with Crippen LogP contribution in [0.1, 0.15) is 32.3 Å². The molecule has 0 amide bonds. The van der Waals surface area contributed by atoms with Crippen molar-refractivity contribution in [3.8, 4) is 0 Å². The van der Waals surface area contributed by atoms with E-state index in [2.05, 4.69) is 43.9 Å². The number of halogens is 4. The Bertz CT molecular complexity index is 1190. The first-order chi connectivity index (χ1) is 17.7. The van der Waals surface area contributed by atoms with Gasteiger partial charge in [-0.25, -0.2) is 4.98 Å². The van der Waals surface area contributed by atoms with Gasteiger partial charge in [0.2, 0.25) is 17.8 Å². The Hall–Kier alpha value is -3.34. The van der Waals surface area contributed by atoms with Crippen LogP contribution in [0.4, 0.5) is 42.5 Å². The maximum Gasteiger partial charge on any atom is 0.416 e. The van der Waals surface area contributed by atoms with E-state index in [-0.39, 0.29) is 12.0 Å².